The van der Waals surface area contributed by atoms with Gasteiger partial charge in [-0.3, -0.25) is 0 Å². The number of aliphatic carboxylic acids is 1. The van der Waals surface area contributed by atoms with Crippen LogP contribution >= 0.6 is 0 Å². The van der Waals surface area contributed by atoms with Crippen LogP contribution in [0.5, 0.6) is 0 Å². The van der Waals surface area contributed by atoms with Gasteiger partial charge in [-0.2, -0.15) is 0 Å². The summed E-state index contributed by atoms with van der Waals surface area (Å²) in [5.74, 6) is -1.48. The molecule has 1 aromatic rings. The number of aromatic amines is 1. The van der Waals surface area contributed by atoms with E-state index in [4.69, 9.17) is 9.63 Å². The Morgan fingerprint density at radius 2 is 2.38 bits per heavy atom. The molecule has 70 valence electrons. The summed E-state index contributed by atoms with van der Waals surface area (Å²) in [4.78, 5) is 21.7. The number of hydrogen-bond donors (Lipinski definition) is 2. The SMILES string of the molecule is CC(C(=O)O)c1c(C[As])o[nH]c1=O. The third kappa shape index (κ3) is 1.86. The van der Waals surface area contributed by atoms with E-state index in [1.807, 2.05) is 0 Å². The van der Waals surface area contributed by atoms with Crippen molar-refractivity contribution in [2.24, 2.45) is 0 Å². The van der Waals surface area contributed by atoms with Crippen molar-refractivity contribution in [2.45, 2.75) is 18.1 Å². The number of hydrogen-bond acceptors (Lipinski definition) is 3. The van der Waals surface area contributed by atoms with Gasteiger partial charge >= 0.3 is 82.1 Å². The summed E-state index contributed by atoms with van der Waals surface area (Å²) in [5.41, 5.74) is -0.260. The van der Waals surface area contributed by atoms with Crippen molar-refractivity contribution in [3.05, 3.63) is 21.7 Å². The Morgan fingerprint density at radius 3 is 2.85 bits per heavy atom. The molecule has 1 atom stereocenters. The van der Waals surface area contributed by atoms with Gasteiger partial charge in [-0.25, -0.2) is 0 Å². The third-order valence-corrected chi connectivity index (χ3v) is 2.36. The Morgan fingerprint density at radius 1 is 1.77 bits per heavy atom. The second-order valence-corrected chi connectivity index (χ2v) is 3.25. The standard InChI is InChI=1S/C7H8AsNO4/c1-3(7(11)12)5-4(2-8)13-9-6(5)10/h3H,2H2,1H3,(H,9,10)(H,11,12). The van der Waals surface area contributed by atoms with Crippen molar-refractivity contribution in [1.29, 1.82) is 0 Å². The molecule has 1 unspecified atom stereocenters. The molecule has 0 aromatic carbocycles. The molecule has 1 heterocycles. The average Bonchev–Trinajstić information content (AvgIpc) is 2.45. The van der Waals surface area contributed by atoms with E-state index in [9.17, 15) is 9.59 Å². The van der Waals surface area contributed by atoms with Gasteiger partial charge in [0.25, 0.3) is 0 Å². The first-order valence-corrected chi connectivity index (χ1v) is 4.94. The Kier molecular flexibility index (Phi) is 2.98. The van der Waals surface area contributed by atoms with E-state index in [2.05, 4.69) is 22.0 Å². The summed E-state index contributed by atoms with van der Waals surface area (Å²) in [5, 5.41) is 11.3. The van der Waals surface area contributed by atoms with Crippen LogP contribution in [-0.4, -0.2) is 33.1 Å². The summed E-state index contributed by atoms with van der Waals surface area (Å²) in [7, 11) is 0. The number of nitrogens with one attached hydrogen (secondary N) is 1. The van der Waals surface area contributed by atoms with Crippen LogP contribution in [0.1, 0.15) is 24.2 Å². The number of H-pyrrole nitrogens is 1. The van der Waals surface area contributed by atoms with Crippen LogP contribution in [0.4, 0.5) is 0 Å². The van der Waals surface area contributed by atoms with Crippen LogP contribution in [0.25, 0.3) is 0 Å². The molecule has 0 aliphatic heterocycles. The average molecular weight is 245 g/mol. The zero-order valence-electron chi connectivity index (χ0n) is 6.90. The van der Waals surface area contributed by atoms with Crippen LogP contribution in [0.15, 0.2) is 9.32 Å². The topological polar surface area (TPSA) is 83.3 Å². The summed E-state index contributed by atoms with van der Waals surface area (Å²) in [6, 6.07) is 0. The number of rotatable bonds is 3. The van der Waals surface area contributed by atoms with Gasteiger partial charge in [0.2, 0.25) is 0 Å². The van der Waals surface area contributed by atoms with Crippen molar-refractivity contribution in [2.75, 3.05) is 0 Å². The number of carbonyl (C=O) groups is 1. The van der Waals surface area contributed by atoms with E-state index in [-0.39, 0.29) is 5.56 Å². The second-order valence-electron chi connectivity index (χ2n) is 2.59. The van der Waals surface area contributed by atoms with E-state index in [1.165, 1.54) is 6.92 Å². The molecule has 2 N–H and O–H groups in total. The van der Waals surface area contributed by atoms with Crippen LogP contribution in [0, 0.1) is 0 Å². The van der Waals surface area contributed by atoms with Gasteiger partial charge in [0, 0.05) is 0 Å². The monoisotopic (exact) mass is 245 g/mol. The first-order valence-electron chi connectivity index (χ1n) is 3.61. The first-order chi connectivity index (χ1) is 6.07. The van der Waals surface area contributed by atoms with Crippen LogP contribution in [0.3, 0.4) is 0 Å². The van der Waals surface area contributed by atoms with E-state index in [0.717, 1.165) is 0 Å². The third-order valence-electron chi connectivity index (χ3n) is 1.76. The van der Waals surface area contributed by atoms with Gasteiger partial charge in [-0.15, -0.1) is 0 Å². The molecular formula is C7H8AsNO4. The second kappa shape index (κ2) is 3.83. The fourth-order valence-electron chi connectivity index (χ4n) is 1.02. The van der Waals surface area contributed by atoms with E-state index in [1.54, 1.807) is 0 Å². The summed E-state index contributed by atoms with van der Waals surface area (Å²) in [6.45, 7) is 1.45. The van der Waals surface area contributed by atoms with Crippen LogP contribution < -0.4 is 5.56 Å². The molecule has 0 saturated carbocycles. The maximum absolute atomic E-state index is 11.1. The molecule has 2 radical (unpaired) electrons. The molecule has 0 aliphatic rings. The minimum atomic E-state index is -1.03. The first kappa shape index (κ1) is 10.1. The molecule has 1 aromatic heterocycles. The number of carboxylic acids is 1. The Hall–Kier alpha value is -0.962. The van der Waals surface area contributed by atoms with Crippen LogP contribution in [-0.2, 0) is 10.0 Å². The van der Waals surface area contributed by atoms with E-state index in [0.29, 0.717) is 11.0 Å². The molecule has 13 heavy (non-hydrogen) atoms. The van der Waals surface area contributed by atoms with Gasteiger partial charge in [0.1, 0.15) is 0 Å². The fourth-order valence-corrected chi connectivity index (χ4v) is 1.52. The Bertz CT molecular complexity index is 367. The molecule has 0 saturated heterocycles. The summed E-state index contributed by atoms with van der Waals surface area (Å²) in [6.07, 6.45) is 0. The Labute approximate surface area is 82.6 Å². The van der Waals surface area contributed by atoms with Crippen molar-refractivity contribution < 1.29 is 14.4 Å². The number of carboxylic acid groups (broad SMARTS) is 1. The van der Waals surface area contributed by atoms with E-state index >= 15 is 0 Å². The van der Waals surface area contributed by atoms with Gasteiger partial charge in [-0.05, 0) is 0 Å². The van der Waals surface area contributed by atoms with Gasteiger partial charge in [0.15, 0.2) is 0 Å². The molecule has 0 fully saturated rings. The van der Waals surface area contributed by atoms with Gasteiger partial charge in [-0.1, -0.05) is 0 Å². The molecule has 0 spiro atoms. The molecule has 0 bridgehead atoms. The summed E-state index contributed by atoms with van der Waals surface area (Å²) >= 11 is 2.23. The normalized spacial score (nSPS) is 12.8. The minimum absolute atomic E-state index is 0.202. The predicted molar refractivity (Wildman–Crippen MR) is 44.8 cm³/mol. The fraction of sp³-hybridized carbons (Fsp3) is 0.429. The molecular weight excluding hydrogens is 237 g/mol. The maximum atomic E-state index is 11.1. The van der Waals surface area contributed by atoms with Crippen molar-refractivity contribution in [3.8, 4) is 0 Å². The van der Waals surface area contributed by atoms with Crippen molar-refractivity contribution >= 4 is 22.8 Å². The molecule has 0 amide bonds. The van der Waals surface area contributed by atoms with Gasteiger partial charge < -0.3 is 0 Å². The van der Waals surface area contributed by atoms with E-state index < -0.39 is 17.4 Å². The molecule has 1 rings (SSSR count). The summed E-state index contributed by atoms with van der Waals surface area (Å²) < 4.78 is 4.80. The Balaban J connectivity index is 3.18. The number of aromatic nitrogens is 1. The van der Waals surface area contributed by atoms with Crippen molar-refractivity contribution in [1.82, 2.24) is 5.16 Å². The zero-order chi connectivity index (χ0) is 10.0. The predicted octanol–water partition coefficient (Wildman–Crippen LogP) is -0.175. The van der Waals surface area contributed by atoms with Gasteiger partial charge in [0.05, 0.1) is 0 Å². The molecule has 5 nitrogen and oxygen atoms in total. The van der Waals surface area contributed by atoms with Crippen molar-refractivity contribution in [3.63, 3.8) is 0 Å². The molecule has 0 aliphatic carbocycles. The quantitative estimate of drug-likeness (QED) is 0.724. The zero-order valence-corrected chi connectivity index (χ0v) is 8.78. The molecule has 6 heteroatoms. The van der Waals surface area contributed by atoms with Crippen LogP contribution in [0.2, 0.25) is 0 Å².